The van der Waals surface area contributed by atoms with E-state index in [1.807, 2.05) is 0 Å². The third-order valence-corrected chi connectivity index (χ3v) is 2.23. The highest BCUT2D eigenvalue weighted by Gasteiger charge is 2.37. The Morgan fingerprint density at radius 3 is 1.92 bits per heavy atom. The molecule has 0 heterocycles. The van der Waals surface area contributed by atoms with Gasteiger partial charge in [0, 0.05) is 0 Å². The molecule has 1 unspecified atom stereocenters. The van der Waals surface area contributed by atoms with E-state index in [2.05, 4.69) is 0 Å². The summed E-state index contributed by atoms with van der Waals surface area (Å²) < 4.78 is 5.45. The van der Waals surface area contributed by atoms with Gasteiger partial charge in [-0.25, -0.2) is 0 Å². The van der Waals surface area contributed by atoms with Crippen LogP contribution in [-0.2, 0) is 4.74 Å². The van der Waals surface area contributed by atoms with Gasteiger partial charge < -0.3 is 14.9 Å². The predicted octanol–water partition coefficient (Wildman–Crippen LogP) is 0.933. The van der Waals surface area contributed by atoms with Crippen LogP contribution in [-0.4, -0.2) is 34.1 Å². The van der Waals surface area contributed by atoms with E-state index < -0.39 is 11.2 Å². The van der Waals surface area contributed by atoms with Gasteiger partial charge in [0.1, 0.15) is 0 Å². The van der Waals surface area contributed by atoms with E-state index in [1.54, 1.807) is 34.6 Å². The average molecular weight is 176 g/mol. The van der Waals surface area contributed by atoms with Gasteiger partial charge in [0.15, 0.2) is 0 Å². The van der Waals surface area contributed by atoms with Gasteiger partial charge in [-0.2, -0.15) is 0 Å². The van der Waals surface area contributed by atoms with Crippen LogP contribution in [0.15, 0.2) is 0 Å². The maximum absolute atomic E-state index is 9.68. The molecule has 2 N–H and O–H groups in total. The van der Waals surface area contributed by atoms with Crippen molar-refractivity contribution in [3.05, 3.63) is 0 Å². The van der Waals surface area contributed by atoms with Crippen molar-refractivity contribution in [2.24, 2.45) is 0 Å². The lowest BCUT2D eigenvalue weighted by atomic mass is 9.89. The molecular weight excluding hydrogens is 156 g/mol. The second-order valence-electron chi connectivity index (χ2n) is 4.18. The molecule has 12 heavy (non-hydrogen) atoms. The van der Waals surface area contributed by atoms with E-state index in [9.17, 15) is 5.11 Å². The van der Waals surface area contributed by atoms with Gasteiger partial charge in [0.05, 0.1) is 23.9 Å². The van der Waals surface area contributed by atoms with Gasteiger partial charge in [-0.3, -0.25) is 0 Å². The summed E-state index contributed by atoms with van der Waals surface area (Å²) in [6.07, 6.45) is -0.244. The van der Waals surface area contributed by atoms with Crippen molar-refractivity contribution < 1.29 is 14.9 Å². The van der Waals surface area contributed by atoms with Crippen LogP contribution in [0.2, 0.25) is 0 Å². The van der Waals surface area contributed by atoms with Gasteiger partial charge in [-0.1, -0.05) is 0 Å². The first-order valence-electron chi connectivity index (χ1n) is 4.22. The summed E-state index contributed by atoms with van der Waals surface area (Å²) in [7, 11) is 0. The maximum atomic E-state index is 9.68. The number of hydrogen-bond acceptors (Lipinski definition) is 3. The molecule has 0 spiro atoms. The second-order valence-corrected chi connectivity index (χ2v) is 4.18. The van der Waals surface area contributed by atoms with Crippen LogP contribution in [0.1, 0.15) is 34.6 Å². The summed E-state index contributed by atoms with van der Waals surface area (Å²) in [5, 5.41) is 18.4. The first-order valence-corrected chi connectivity index (χ1v) is 4.22. The Hall–Kier alpha value is -0.120. The van der Waals surface area contributed by atoms with Crippen LogP contribution >= 0.6 is 0 Å². The third-order valence-electron chi connectivity index (χ3n) is 2.23. The molecule has 0 aromatic rings. The summed E-state index contributed by atoms with van der Waals surface area (Å²) in [6.45, 7) is 8.74. The standard InChI is InChI=1S/C9H20O3/c1-7(6-10)12-9(4,5)8(2,3)11/h7,10-11H,6H2,1-5H3. The van der Waals surface area contributed by atoms with Crippen molar-refractivity contribution >= 4 is 0 Å². The zero-order chi connectivity index (χ0) is 9.99. The minimum absolute atomic E-state index is 0.0283. The Morgan fingerprint density at radius 2 is 1.67 bits per heavy atom. The summed E-state index contributed by atoms with van der Waals surface area (Å²) in [5.74, 6) is 0. The van der Waals surface area contributed by atoms with Crippen LogP contribution in [0.5, 0.6) is 0 Å². The van der Waals surface area contributed by atoms with Crippen molar-refractivity contribution in [3.8, 4) is 0 Å². The van der Waals surface area contributed by atoms with E-state index in [-0.39, 0.29) is 12.7 Å². The van der Waals surface area contributed by atoms with Crippen LogP contribution < -0.4 is 0 Å². The van der Waals surface area contributed by atoms with E-state index in [1.165, 1.54) is 0 Å². The molecule has 0 radical (unpaired) electrons. The maximum Gasteiger partial charge on any atom is 0.0911 e. The van der Waals surface area contributed by atoms with Crippen molar-refractivity contribution in [3.63, 3.8) is 0 Å². The molecule has 0 saturated heterocycles. The lowest BCUT2D eigenvalue weighted by Gasteiger charge is -2.38. The zero-order valence-corrected chi connectivity index (χ0v) is 8.59. The molecule has 0 aliphatic carbocycles. The largest absolute Gasteiger partial charge is 0.394 e. The van der Waals surface area contributed by atoms with Gasteiger partial charge in [-0.15, -0.1) is 0 Å². The molecule has 0 aliphatic heterocycles. The summed E-state index contributed by atoms with van der Waals surface area (Å²) in [6, 6.07) is 0. The van der Waals surface area contributed by atoms with Crippen LogP contribution in [0, 0.1) is 0 Å². The number of rotatable bonds is 4. The molecule has 0 aromatic carbocycles. The van der Waals surface area contributed by atoms with Crippen LogP contribution in [0.4, 0.5) is 0 Å². The lowest BCUT2D eigenvalue weighted by molar-refractivity contribution is -0.177. The summed E-state index contributed by atoms with van der Waals surface area (Å²) in [4.78, 5) is 0. The van der Waals surface area contributed by atoms with E-state index in [4.69, 9.17) is 9.84 Å². The highest BCUT2D eigenvalue weighted by atomic mass is 16.5. The fourth-order valence-corrected chi connectivity index (χ4v) is 0.684. The summed E-state index contributed by atoms with van der Waals surface area (Å²) >= 11 is 0. The van der Waals surface area contributed by atoms with Crippen molar-refractivity contribution in [1.82, 2.24) is 0 Å². The molecule has 74 valence electrons. The van der Waals surface area contributed by atoms with E-state index >= 15 is 0 Å². The van der Waals surface area contributed by atoms with E-state index in [0.717, 1.165) is 0 Å². The Labute approximate surface area is 74.4 Å². The minimum Gasteiger partial charge on any atom is -0.394 e. The Balaban J connectivity index is 4.22. The van der Waals surface area contributed by atoms with Gasteiger partial charge in [0.2, 0.25) is 0 Å². The van der Waals surface area contributed by atoms with Crippen LogP contribution in [0.3, 0.4) is 0 Å². The molecule has 0 aromatic heterocycles. The fraction of sp³-hybridized carbons (Fsp3) is 1.00. The SMILES string of the molecule is CC(CO)OC(C)(C)C(C)(C)O. The number of ether oxygens (including phenoxy) is 1. The Kier molecular flexibility index (Phi) is 3.69. The third kappa shape index (κ3) is 3.09. The Bertz CT molecular complexity index is 135. The van der Waals surface area contributed by atoms with E-state index in [0.29, 0.717) is 0 Å². The molecular formula is C9H20O3. The molecule has 3 nitrogen and oxygen atoms in total. The normalized spacial score (nSPS) is 16.2. The van der Waals surface area contributed by atoms with Crippen molar-refractivity contribution in [2.75, 3.05) is 6.61 Å². The van der Waals surface area contributed by atoms with Crippen molar-refractivity contribution in [1.29, 1.82) is 0 Å². The molecule has 0 amide bonds. The molecule has 0 rings (SSSR count). The van der Waals surface area contributed by atoms with Gasteiger partial charge >= 0.3 is 0 Å². The minimum atomic E-state index is -0.906. The second kappa shape index (κ2) is 3.73. The molecule has 1 atom stereocenters. The molecule has 3 heteroatoms. The monoisotopic (exact) mass is 176 g/mol. The molecule has 0 fully saturated rings. The number of aliphatic hydroxyl groups is 2. The smallest absolute Gasteiger partial charge is 0.0911 e. The average Bonchev–Trinajstić information content (AvgIpc) is 1.84. The topological polar surface area (TPSA) is 49.7 Å². The number of aliphatic hydroxyl groups excluding tert-OH is 1. The Morgan fingerprint density at radius 1 is 1.25 bits per heavy atom. The van der Waals surface area contributed by atoms with Crippen molar-refractivity contribution in [2.45, 2.75) is 51.9 Å². The first-order chi connectivity index (χ1) is 5.20. The van der Waals surface area contributed by atoms with Crippen LogP contribution in [0.25, 0.3) is 0 Å². The number of hydrogen-bond donors (Lipinski definition) is 2. The molecule has 0 aliphatic rings. The predicted molar refractivity (Wildman–Crippen MR) is 48.0 cm³/mol. The quantitative estimate of drug-likeness (QED) is 0.670. The lowest BCUT2D eigenvalue weighted by Crippen LogP contribution is -2.49. The van der Waals surface area contributed by atoms with Gasteiger partial charge in [-0.05, 0) is 34.6 Å². The highest BCUT2D eigenvalue weighted by molar-refractivity contribution is 4.88. The zero-order valence-electron chi connectivity index (χ0n) is 8.59. The fourth-order valence-electron chi connectivity index (χ4n) is 0.684. The molecule has 0 saturated carbocycles. The molecule has 0 bridgehead atoms. The first kappa shape index (κ1) is 11.9. The summed E-state index contributed by atoms with van der Waals surface area (Å²) in [5.41, 5.74) is -1.55. The highest BCUT2D eigenvalue weighted by Crippen LogP contribution is 2.26. The van der Waals surface area contributed by atoms with Gasteiger partial charge in [0.25, 0.3) is 0 Å².